The van der Waals surface area contributed by atoms with Crippen molar-refractivity contribution in [3.63, 3.8) is 0 Å². The van der Waals surface area contributed by atoms with Gasteiger partial charge in [0.15, 0.2) is 0 Å². The Kier molecular flexibility index (Phi) is 5.96. The number of nitrogens with two attached hydrogens (primary N) is 1. The minimum Gasteiger partial charge on any atom is -0.461 e. The molecular formula is C14H27NO2. The summed E-state index contributed by atoms with van der Waals surface area (Å²) in [6.07, 6.45) is 6.76. The Labute approximate surface area is 105 Å². The summed E-state index contributed by atoms with van der Waals surface area (Å²) in [5.74, 6) is 0.535. The molecule has 1 saturated carbocycles. The van der Waals surface area contributed by atoms with Crippen LogP contribution in [0.1, 0.15) is 59.3 Å². The minimum atomic E-state index is -0.459. The molecule has 3 nitrogen and oxygen atoms in total. The number of carbonyl (C=O) groups excluding carboxylic acids is 1. The first-order chi connectivity index (χ1) is 8.10. The Morgan fingerprint density at radius 2 is 2.00 bits per heavy atom. The van der Waals surface area contributed by atoms with Crippen molar-refractivity contribution in [3.05, 3.63) is 0 Å². The van der Waals surface area contributed by atoms with Gasteiger partial charge in [-0.15, -0.1) is 0 Å². The zero-order valence-electron chi connectivity index (χ0n) is 11.4. The maximum atomic E-state index is 11.9. The van der Waals surface area contributed by atoms with Gasteiger partial charge in [-0.1, -0.05) is 33.6 Å². The van der Waals surface area contributed by atoms with E-state index in [1.807, 2.05) is 13.8 Å². The molecule has 1 aliphatic rings. The highest BCUT2D eigenvalue weighted by atomic mass is 16.5. The van der Waals surface area contributed by atoms with Crippen molar-refractivity contribution >= 4 is 5.97 Å². The Balaban J connectivity index is 2.48. The maximum absolute atomic E-state index is 11.9. The topological polar surface area (TPSA) is 52.3 Å². The van der Waals surface area contributed by atoms with Crippen LogP contribution in [0.15, 0.2) is 0 Å². The van der Waals surface area contributed by atoms with E-state index in [1.165, 1.54) is 19.3 Å². The van der Waals surface area contributed by atoms with Gasteiger partial charge in [0.25, 0.3) is 0 Å². The summed E-state index contributed by atoms with van der Waals surface area (Å²) in [6.45, 7) is 6.22. The third-order valence-electron chi connectivity index (χ3n) is 4.16. The molecule has 1 rings (SSSR count). The summed E-state index contributed by atoms with van der Waals surface area (Å²) in [5, 5.41) is 0. The maximum Gasteiger partial charge on any atom is 0.323 e. The Morgan fingerprint density at radius 1 is 1.35 bits per heavy atom. The highest BCUT2D eigenvalue weighted by Gasteiger charge is 2.30. The van der Waals surface area contributed by atoms with E-state index in [0.29, 0.717) is 5.92 Å². The summed E-state index contributed by atoms with van der Waals surface area (Å²) in [4.78, 5) is 11.9. The SMILES string of the molecule is CCC1CCCCC1OC(=O)[C@@H](N)[C@@H](C)CC. The van der Waals surface area contributed by atoms with Crippen molar-refractivity contribution < 1.29 is 9.53 Å². The summed E-state index contributed by atoms with van der Waals surface area (Å²) < 4.78 is 5.62. The van der Waals surface area contributed by atoms with E-state index in [4.69, 9.17) is 10.5 Å². The molecule has 100 valence electrons. The second-order valence-electron chi connectivity index (χ2n) is 5.34. The average molecular weight is 241 g/mol. The first kappa shape index (κ1) is 14.5. The molecule has 0 aromatic carbocycles. The zero-order valence-corrected chi connectivity index (χ0v) is 11.4. The number of esters is 1. The lowest BCUT2D eigenvalue weighted by Crippen LogP contribution is -2.41. The summed E-state index contributed by atoms with van der Waals surface area (Å²) in [7, 11) is 0. The fourth-order valence-electron chi connectivity index (χ4n) is 2.51. The molecule has 0 heterocycles. The van der Waals surface area contributed by atoms with E-state index < -0.39 is 6.04 Å². The summed E-state index contributed by atoms with van der Waals surface area (Å²) in [5.41, 5.74) is 5.90. The van der Waals surface area contributed by atoms with E-state index in [2.05, 4.69) is 6.92 Å². The molecule has 17 heavy (non-hydrogen) atoms. The van der Waals surface area contributed by atoms with Crippen LogP contribution < -0.4 is 5.73 Å². The van der Waals surface area contributed by atoms with Crippen molar-refractivity contribution in [2.75, 3.05) is 0 Å². The van der Waals surface area contributed by atoms with Gasteiger partial charge in [0, 0.05) is 0 Å². The molecule has 0 amide bonds. The Hall–Kier alpha value is -0.570. The van der Waals surface area contributed by atoms with Gasteiger partial charge < -0.3 is 10.5 Å². The van der Waals surface area contributed by atoms with Crippen LogP contribution in [0.25, 0.3) is 0 Å². The number of carbonyl (C=O) groups is 1. The van der Waals surface area contributed by atoms with Crippen molar-refractivity contribution in [1.29, 1.82) is 0 Å². The Morgan fingerprint density at radius 3 is 2.59 bits per heavy atom. The standard InChI is InChI=1S/C14H27NO2/c1-4-10(3)13(15)14(16)17-12-9-7-6-8-11(12)5-2/h10-13H,4-9,15H2,1-3H3/t10-,11?,12?,13-/m0/s1. The number of rotatable bonds is 5. The van der Waals surface area contributed by atoms with Crippen LogP contribution in [0.4, 0.5) is 0 Å². The van der Waals surface area contributed by atoms with Crippen LogP contribution in [-0.4, -0.2) is 18.1 Å². The number of hydrogen-bond acceptors (Lipinski definition) is 3. The molecule has 2 N–H and O–H groups in total. The highest BCUT2D eigenvalue weighted by molar-refractivity contribution is 5.76. The minimum absolute atomic E-state index is 0.108. The van der Waals surface area contributed by atoms with Gasteiger partial charge in [-0.05, 0) is 37.5 Å². The van der Waals surface area contributed by atoms with Gasteiger partial charge >= 0.3 is 5.97 Å². The number of hydrogen-bond donors (Lipinski definition) is 1. The van der Waals surface area contributed by atoms with Gasteiger partial charge in [-0.3, -0.25) is 4.79 Å². The fraction of sp³-hybridized carbons (Fsp3) is 0.929. The second-order valence-corrected chi connectivity index (χ2v) is 5.34. The molecular weight excluding hydrogens is 214 g/mol. The highest BCUT2D eigenvalue weighted by Crippen LogP contribution is 2.29. The van der Waals surface area contributed by atoms with Crippen molar-refractivity contribution in [2.45, 2.75) is 71.4 Å². The van der Waals surface area contributed by atoms with E-state index in [0.717, 1.165) is 19.3 Å². The molecule has 0 bridgehead atoms. The summed E-state index contributed by atoms with van der Waals surface area (Å²) >= 11 is 0. The molecule has 0 aliphatic heterocycles. The monoisotopic (exact) mass is 241 g/mol. The lowest BCUT2D eigenvalue weighted by Gasteiger charge is -2.31. The smallest absolute Gasteiger partial charge is 0.323 e. The van der Waals surface area contributed by atoms with E-state index in [9.17, 15) is 4.79 Å². The largest absolute Gasteiger partial charge is 0.461 e. The molecule has 1 fully saturated rings. The van der Waals surface area contributed by atoms with Gasteiger partial charge in [-0.25, -0.2) is 0 Å². The molecule has 1 aliphatic carbocycles. The third-order valence-corrected chi connectivity index (χ3v) is 4.16. The van der Waals surface area contributed by atoms with Gasteiger partial charge in [0.05, 0.1) is 0 Å². The molecule has 0 aromatic rings. The van der Waals surface area contributed by atoms with Gasteiger partial charge in [0.2, 0.25) is 0 Å². The quantitative estimate of drug-likeness (QED) is 0.753. The van der Waals surface area contributed by atoms with Crippen molar-refractivity contribution in [1.82, 2.24) is 0 Å². The lowest BCUT2D eigenvalue weighted by molar-refractivity contribution is -0.156. The van der Waals surface area contributed by atoms with E-state index in [1.54, 1.807) is 0 Å². The second kappa shape index (κ2) is 7.00. The molecule has 2 unspecified atom stereocenters. The third kappa shape index (κ3) is 3.98. The van der Waals surface area contributed by atoms with Gasteiger partial charge in [-0.2, -0.15) is 0 Å². The molecule has 3 heteroatoms. The molecule has 0 saturated heterocycles. The van der Waals surface area contributed by atoms with Crippen LogP contribution in [0.5, 0.6) is 0 Å². The van der Waals surface area contributed by atoms with Crippen molar-refractivity contribution in [3.8, 4) is 0 Å². The molecule has 0 spiro atoms. The van der Waals surface area contributed by atoms with E-state index >= 15 is 0 Å². The molecule has 4 atom stereocenters. The summed E-state index contributed by atoms with van der Waals surface area (Å²) in [6, 6.07) is -0.459. The van der Waals surface area contributed by atoms with Crippen LogP contribution >= 0.6 is 0 Å². The predicted molar refractivity (Wildman–Crippen MR) is 69.6 cm³/mol. The number of ether oxygens (including phenoxy) is 1. The normalized spacial score (nSPS) is 28.5. The molecule has 0 aromatic heterocycles. The lowest BCUT2D eigenvalue weighted by atomic mass is 9.84. The zero-order chi connectivity index (χ0) is 12.8. The average Bonchev–Trinajstić information content (AvgIpc) is 2.37. The van der Waals surface area contributed by atoms with E-state index in [-0.39, 0.29) is 18.0 Å². The van der Waals surface area contributed by atoms with Crippen LogP contribution in [-0.2, 0) is 9.53 Å². The van der Waals surface area contributed by atoms with Crippen LogP contribution in [0.2, 0.25) is 0 Å². The van der Waals surface area contributed by atoms with Crippen LogP contribution in [0.3, 0.4) is 0 Å². The first-order valence-corrected chi connectivity index (χ1v) is 7.06. The fourth-order valence-corrected chi connectivity index (χ4v) is 2.51. The van der Waals surface area contributed by atoms with Gasteiger partial charge in [0.1, 0.15) is 12.1 Å². The molecule has 0 radical (unpaired) electrons. The van der Waals surface area contributed by atoms with Crippen molar-refractivity contribution in [2.24, 2.45) is 17.6 Å². The Bertz CT molecular complexity index is 242. The van der Waals surface area contributed by atoms with Crippen LogP contribution in [0, 0.1) is 11.8 Å². The first-order valence-electron chi connectivity index (χ1n) is 7.06. The predicted octanol–water partition coefficient (Wildman–Crippen LogP) is 2.87.